The monoisotopic (exact) mass is 1010 g/mol. The van der Waals surface area contributed by atoms with Crippen LogP contribution in [-0.4, -0.2) is 35.8 Å². The SMILES string of the molecule is CC(C)(C)c1ccc(-n2c(-c3ccccc3O)nc3c2[Si](C)(C)c2cccc4c2P3c2[c-]c(-c3cc(-c5ccccc5)ccn3)ccc2[Si]4(C)C)c(-c2ccccc2)c1.[Pt]. The fourth-order valence-corrected chi connectivity index (χ4v) is 22.1. The van der Waals surface area contributed by atoms with Crippen LogP contribution in [0.3, 0.4) is 0 Å². The molecule has 8 heteroatoms. The zero-order valence-corrected chi connectivity index (χ0v) is 40.2. The molecule has 4 nitrogen and oxygen atoms in total. The molecule has 0 radical (unpaired) electrons. The maximum absolute atomic E-state index is 11.7. The molecule has 0 saturated carbocycles. The van der Waals surface area contributed by atoms with Crippen molar-refractivity contribution in [2.75, 3.05) is 0 Å². The summed E-state index contributed by atoms with van der Waals surface area (Å²) in [7, 11) is -5.79. The zero-order valence-electron chi connectivity index (χ0n) is 35.0. The number of fused-ring (bicyclic) bond motifs is 4. The van der Waals surface area contributed by atoms with Gasteiger partial charge in [0, 0.05) is 38.1 Å². The van der Waals surface area contributed by atoms with Crippen molar-refractivity contribution in [2.45, 2.75) is 52.4 Å². The molecule has 0 amide bonds. The second kappa shape index (κ2) is 14.9. The van der Waals surface area contributed by atoms with E-state index in [9.17, 15) is 5.11 Å². The van der Waals surface area contributed by atoms with Gasteiger partial charge in [0.2, 0.25) is 0 Å². The van der Waals surface area contributed by atoms with Crippen LogP contribution in [0.2, 0.25) is 26.2 Å². The van der Waals surface area contributed by atoms with Crippen molar-refractivity contribution in [3.05, 3.63) is 163 Å². The number of imidazole rings is 1. The molecule has 2 aliphatic heterocycles. The average Bonchev–Trinajstić information content (AvgIpc) is 3.65. The second-order valence-electron chi connectivity index (χ2n) is 18.0. The number of phenolic OH excluding ortho intramolecular Hbond substituents is 1. The number of hydrogen-bond acceptors (Lipinski definition) is 3. The van der Waals surface area contributed by atoms with Crippen LogP contribution in [0.25, 0.3) is 50.6 Å². The predicted molar refractivity (Wildman–Crippen MR) is 255 cm³/mol. The van der Waals surface area contributed by atoms with E-state index in [1.807, 2.05) is 24.4 Å². The van der Waals surface area contributed by atoms with Crippen LogP contribution in [0.1, 0.15) is 26.3 Å². The van der Waals surface area contributed by atoms with Crippen molar-refractivity contribution >= 4 is 61.0 Å². The van der Waals surface area contributed by atoms with Crippen molar-refractivity contribution in [1.82, 2.24) is 14.5 Å². The molecule has 0 saturated heterocycles. The minimum atomic E-state index is -2.49. The first-order valence-corrected chi connectivity index (χ1v) is 27.8. The Labute approximate surface area is 371 Å². The molecule has 1 unspecified atom stereocenters. The van der Waals surface area contributed by atoms with Gasteiger partial charge in [0.25, 0.3) is 0 Å². The third kappa shape index (κ3) is 6.38. The minimum absolute atomic E-state index is 0. The molecule has 60 heavy (non-hydrogen) atoms. The topological polar surface area (TPSA) is 50.9 Å². The Kier molecular flexibility index (Phi) is 10.0. The Morgan fingerprint density at radius 2 is 1.30 bits per heavy atom. The molecule has 4 heterocycles. The molecule has 0 bridgehead atoms. The number of pyridine rings is 1. The van der Waals surface area contributed by atoms with E-state index >= 15 is 0 Å². The molecule has 6 aromatic carbocycles. The average molecular weight is 1010 g/mol. The molecular weight excluding hydrogens is 965 g/mol. The first kappa shape index (κ1) is 40.4. The van der Waals surface area contributed by atoms with E-state index in [-0.39, 0.29) is 32.2 Å². The third-order valence-electron chi connectivity index (χ3n) is 12.6. The fraction of sp³-hybridized carbons (Fsp3) is 0.154. The summed E-state index contributed by atoms with van der Waals surface area (Å²) in [4.78, 5) is 10.8. The van der Waals surface area contributed by atoms with Crippen LogP contribution >= 0.6 is 7.92 Å². The largest absolute Gasteiger partial charge is 0.507 e. The van der Waals surface area contributed by atoms with E-state index < -0.39 is 24.1 Å². The summed E-state index contributed by atoms with van der Waals surface area (Å²) < 4.78 is 2.45. The Morgan fingerprint density at radius 3 is 2.00 bits per heavy atom. The summed E-state index contributed by atoms with van der Waals surface area (Å²) in [5.74, 6) is 1.01. The van der Waals surface area contributed by atoms with E-state index in [4.69, 9.17) is 9.97 Å². The number of aromatic nitrogens is 3. The summed E-state index contributed by atoms with van der Waals surface area (Å²) in [5, 5.41) is 20.1. The van der Waals surface area contributed by atoms with Crippen LogP contribution in [0.4, 0.5) is 0 Å². The maximum atomic E-state index is 11.7. The van der Waals surface area contributed by atoms with Gasteiger partial charge in [-0.15, -0.1) is 28.9 Å². The molecular formula is C52H47N3OPPtSi2-. The van der Waals surface area contributed by atoms with Gasteiger partial charge in [-0.05, 0) is 82.1 Å². The minimum Gasteiger partial charge on any atom is -0.507 e. The van der Waals surface area contributed by atoms with Gasteiger partial charge in [-0.25, -0.2) is 4.98 Å². The number of nitrogens with zero attached hydrogens (tertiary/aromatic N) is 3. The van der Waals surface area contributed by atoms with Gasteiger partial charge >= 0.3 is 0 Å². The molecule has 0 fully saturated rings. The first-order chi connectivity index (χ1) is 28.3. The molecule has 2 aromatic heterocycles. The molecule has 1 atom stereocenters. The molecule has 1 N–H and O–H groups in total. The maximum Gasteiger partial charge on any atom is 0.148 e. The summed E-state index contributed by atoms with van der Waals surface area (Å²) in [5.41, 5.74) is 10.7. The first-order valence-electron chi connectivity index (χ1n) is 20.5. The van der Waals surface area contributed by atoms with Gasteiger partial charge < -0.3 is 10.1 Å². The van der Waals surface area contributed by atoms with E-state index in [0.29, 0.717) is 0 Å². The summed E-state index contributed by atoms with van der Waals surface area (Å²) >= 11 is 0. The quantitative estimate of drug-likeness (QED) is 0.107. The Morgan fingerprint density at radius 1 is 0.633 bits per heavy atom. The molecule has 2 aliphatic rings. The number of para-hydroxylation sites is 1. The molecule has 0 spiro atoms. The van der Waals surface area contributed by atoms with Crippen LogP contribution in [0.5, 0.6) is 5.75 Å². The standard InChI is InChI=1S/C52H47N3OPSi2.Pt/c1-52(2,3)38-26-27-42(40(33-38)35-19-12-9-13-20-35)55-49(39-21-14-15-22-43(39)56)54-50-51(55)59(6,7)47-24-16-23-46-48(47)57(50)44-32-37(25-28-45(44)58(46,4)5)41-31-36(29-30-53-41)34-17-10-8-11-18-34;/h8-31,33,56H,1-7H3;/q-1;. The van der Waals surface area contributed by atoms with Crippen molar-refractivity contribution in [3.63, 3.8) is 0 Å². The number of benzene rings is 6. The van der Waals surface area contributed by atoms with Crippen LogP contribution in [0, 0.1) is 6.07 Å². The zero-order chi connectivity index (χ0) is 40.8. The van der Waals surface area contributed by atoms with Crippen molar-refractivity contribution in [3.8, 4) is 56.3 Å². The summed E-state index contributed by atoms with van der Waals surface area (Å²) in [6.07, 6.45) is 1.92. The molecule has 0 aliphatic carbocycles. The third-order valence-corrected chi connectivity index (χ3v) is 22.8. The van der Waals surface area contributed by atoms with Gasteiger partial charge in [0.1, 0.15) is 19.6 Å². The van der Waals surface area contributed by atoms with Crippen LogP contribution in [0.15, 0.2) is 152 Å². The van der Waals surface area contributed by atoms with Gasteiger partial charge in [-0.1, -0.05) is 161 Å². The molecule has 10 rings (SSSR count). The number of hydrogen-bond donors (Lipinski definition) is 1. The van der Waals surface area contributed by atoms with Crippen molar-refractivity contribution in [2.24, 2.45) is 0 Å². The number of aromatic hydroxyl groups is 1. The van der Waals surface area contributed by atoms with Crippen molar-refractivity contribution < 1.29 is 26.2 Å². The molecule has 300 valence electrons. The van der Waals surface area contributed by atoms with E-state index in [2.05, 4.69) is 179 Å². The fourth-order valence-electron chi connectivity index (χ4n) is 9.34. The second-order valence-corrected chi connectivity index (χ2v) is 28.6. The number of phenols is 1. The van der Waals surface area contributed by atoms with Crippen molar-refractivity contribution in [1.29, 1.82) is 0 Å². The Hall–Kier alpha value is -4.97. The smallest absolute Gasteiger partial charge is 0.148 e. The Bertz CT molecular complexity index is 2960. The van der Waals surface area contributed by atoms with Gasteiger partial charge in [-0.3, -0.25) is 4.57 Å². The summed E-state index contributed by atoms with van der Waals surface area (Å²) in [6, 6.07) is 56.1. The van der Waals surface area contributed by atoms with E-state index in [0.717, 1.165) is 50.5 Å². The Balaban J connectivity index is 0.00000462. The van der Waals surface area contributed by atoms with Gasteiger partial charge in [0.05, 0.1) is 24.8 Å². The predicted octanol–water partition coefficient (Wildman–Crippen LogP) is 8.77. The van der Waals surface area contributed by atoms with E-state index in [1.165, 1.54) is 42.6 Å². The van der Waals surface area contributed by atoms with Crippen LogP contribution < -0.4 is 36.9 Å². The number of rotatable bonds is 5. The normalized spacial score (nSPS) is 15.6. The van der Waals surface area contributed by atoms with E-state index in [1.54, 1.807) is 6.07 Å². The van der Waals surface area contributed by atoms with Gasteiger partial charge in [-0.2, -0.15) is 0 Å². The molecule has 8 aromatic rings. The summed E-state index contributed by atoms with van der Waals surface area (Å²) in [6.45, 7) is 16.9. The van der Waals surface area contributed by atoms with Crippen LogP contribution in [-0.2, 0) is 26.5 Å². The van der Waals surface area contributed by atoms with Gasteiger partial charge in [0.15, 0.2) is 0 Å².